The van der Waals surface area contributed by atoms with E-state index >= 15 is 0 Å². The number of allylic oxidation sites excluding steroid dienone is 3. The van der Waals surface area contributed by atoms with Gasteiger partial charge in [0.15, 0.2) is 0 Å². The molecule has 0 saturated heterocycles. The lowest BCUT2D eigenvalue weighted by Gasteiger charge is -2.24. The van der Waals surface area contributed by atoms with Crippen LogP contribution in [0.3, 0.4) is 0 Å². The third-order valence-electron chi connectivity index (χ3n) is 5.50. The molecule has 0 amide bonds. The first kappa shape index (κ1) is 15.8. The summed E-state index contributed by atoms with van der Waals surface area (Å²) in [6.07, 6.45) is 7.58. The Morgan fingerprint density at radius 3 is 2.60 bits per heavy atom. The maximum Gasteiger partial charge on any atom is 0.135 e. The molecule has 0 unspecified atom stereocenters. The molecule has 0 spiro atoms. The second kappa shape index (κ2) is 5.66. The van der Waals surface area contributed by atoms with E-state index in [0.29, 0.717) is 0 Å². The van der Waals surface area contributed by atoms with Gasteiger partial charge in [0.2, 0.25) is 0 Å². The predicted molar refractivity (Wildman–Crippen MR) is 106 cm³/mol. The summed E-state index contributed by atoms with van der Waals surface area (Å²) in [5.74, 6) is 0. The highest BCUT2D eigenvalue weighted by molar-refractivity contribution is 5.64. The summed E-state index contributed by atoms with van der Waals surface area (Å²) >= 11 is 0. The Hall–Kier alpha value is -2.74. The second-order valence-electron chi connectivity index (χ2n) is 7.34. The van der Waals surface area contributed by atoms with Crippen molar-refractivity contribution in [3.8, 4) is 0 Å². The zero-order chi connectivity index (χ0) is 17.6. The van der Waals surface area contributed by atoms with Crippen molar-refractivity contribution in [2.45, 2.75) is 25.7 Å². The zero-order valence-corrected chi connectivity index (χ0v) is 15.2. The van der Waals surface area contributed by atoms with Gasteiger partial charge in [0.05, 0.1) is 6.72 Å². The fraction of sp³-hybridized carbons (Fsp3) is 0.217. The molecular weight excluding hydrogens is 304 g/mol. The molecule has 0 aromatic heterocycles. The maximum atomic E-state index is 4.27. The molecule has 2 nitrogen and oxygen atoms in total. The molecule has 2 aromatic rings. The fourth-order valence-electron chi connectivity index (χ4n) is 4.02. The van der Waals surface area contributed by atoms with E-state index < -0.39 is 0 Å². The Labute approximate surface area is 150 Å². The summed E-state index contributed by atoms with van der Waals surface area (Å²) in [5.41, 5.74) is 6.53. The smallest absolute Gasteiger partial charge is 0.135 e. The summed E-state index contributed by atoms with van der Waals surface area (Å²) in [7, 11) is 2.14. The molecule has 25 heavy (non-hydrogen) atoms. The first-order valence-electron chi connectivity index (χ1n) is 8.76. The standard InChI is InChI=1S/C23H24N2/c1-23(2)19-12-6-8-14-21(19)25(4)22(23)15-9-11-18-16-17-10-5-7-13-20(17)24(18)3/h5-15H,4,16H2,1-3H3/b15-9+,18-11+. The van der Waals surface area contributed by atoms with Gasteiger partial charge < -0.3 is 4.90 Å². The molecule has 0 saturated carbocycles. The van der Waals surface area contributed by atoms with Crippen molar-refractivity contribution in [1.29, 1.82) is 0 Å². The Morgan fingerprint density at radius 2 is 1.84 bits per heavy atom. The van der Waals surface area contributed by atoms with Gasteiger partial charge in [-0.05, 0) is 23.3 Å². The average Bonchev–Trinajstić information content (AvgIpc) is 3.03. The van der Waals surface area contributed by atoms with Gasteiger partial charge >= 0.3 is 0 Å². The highest BCUT2D eigenvalue weighted by atomic mass is 15.1. The van der Waals surface area contributed by atoms with Gasteiger partial charge in [0.25, 0.3) is 0 Å². The molecule has 0 bridgehead atoms. The van der Waals surface area contributed by atoms with Crippen molar-refractivity contribution >= 4 is 18.1 Å². The van der Waals surface area contributed by atoms with E-state index in [9.17, 15) is 0 Å². The molecule has 0 N–H and O–H groups in total. The van der Waals surface area contributed by atoms with Gasteiger partial charge in [0.1, 0.15) is 11.7 Å². The summed E-state index contributed by atoms with van der Waals surface area (Å²) < 4.78 is 2.07. The van der Waals surface area contributed by atoms with Crippen molar-refractivity contribution in [2.24, 2.45) is 0 Å². The number of hydrogen-bond donors (Lipinski definition) is 0. The molecule has 2 aliphatic heterocycles. The van der Waals surface area contributed by atoms with Crippen LogP contribution >= 0.6 is 0 Å². The number of likely N-dealkylation sites (N-methyl/N-ethyl adjacent to an activating group) is 1. The van der Waals surface area contributed by atoms with E-state index in [2.05, 4.69) is 104 Å². The molecule has 126 valence electrons. The largest absolute Gasteiger partial charge is 0.348 e. The van der Waals surface area contributed by atoms with Crippen LogP contribution < -0.4 is 4.90 Å². The van der Waals surface area contributed by atoms with Crippen molar-refractivity contribution in [3.63, 3.8) is 0 Å². The third kappa shape index (κ3) is 2.41. The predicted octanol–water partition coefficient (Wildman–Crippen LogP) is 4.99. The highest BCUT2D eigenvalue weighted by Crippen LogP contribution is 2.48. The minimum Gasteiger partial charge on any atom is -0.348 e. The normalized spacial score (nSPS) is 19.8. The van der Waals surface area contributed by atoms with Crippen LogP contribution in [0.2, 0.25) is 0 Å². The third-order valence-corrected chi connectivity index (χ3v) is 5.50. The summed E-state index contributed by atoms with van der Waals surface area (Å²) in [4.78, 5) is 2.28. The molecule has 2 heterocycles. The Bertz CT molecular complexity index is 902. The van der Waals surface area contributed by atoms with Gasteiger partial charge in [-0.2, -0.15) is 0 Å². The molecular formula is C23H24N2. The quantitative estimate of drug-likeness (QED) is 0.556. The number of benzene rings is 2. The number of nitrogens with zero attached hydrogens (tertiary/aromatic N) is 2. The number of hydrogen-bond acceptors (Lipinski definition) is 1. The number of fused-ring (bicyclic) bond motifs is 2. The molecule has 0 radical (unpaired) electrons. The van der Waals surface area contributed by atoms with Crippen molar-refractivity contribution < 1.29 is 4.58 Å². The lowest BCUT2D eigenvalue weighted by atomic mass is 9.80. The molecule has 0 atom stereocenters. The number of anilines is 1. The first-order chi connectivity index (χ1) is 12.0. The van der Waals surface area contributed by atoms with E-state index in [-0.39, 0.29) is 5.41 Å². The Balaban J connectivity index is 1.59. The molecule has 4 rings (SSSR count). The van der Waals surface area contributed by atoms with Gasteiger partial charge in [0, 0.05) is 30.3 Å². The van der Waals surface area contributed by atoms with E-state index in [1.807, 2.05) is 0 Å². The van der Waals surface area contributed by atoms with Gasteiger partial charge in [-0.3, -0.25) is 4.58 Å². The van der Waals surface area contributed by atoms with E-state index in [4.69, 9.17) is 0 Å². The number of para-hydroxylation sites is 2. The lowest BCUT2D eigenvalue weighted by molar-refractivity contribution is -0.405. The van der Waals surface area contributed by atoms with Crippen molar-refractivity contribution in [2.75, 3.05) is 11.9 Å². The monoisotopic (exact) mass is 328 g/mol. The van der Waals surface area contributed by atoms with Crippen molar-refractivity contribution in [3.05, 3.63) is 89.6 Å². The first-order valence-corrected chi connectivity index (χ1v) is 8.76. The topological polar surface area (TPSA) is 6.25 Å². The van der Waals surface area contributed by atoms with Gasteiger partial charge in [-0.15, -0.1) is 6.08 Å². The van der Waals surface area contributed by atoms with Crippen LogP contribution in [-0.4, -0.2) is 18.3 Å². The fourth-order valence-corrected chi connectivity index (χ4v) is 4.02. The van der Waals surface area contributed by atoms with Crippen LogP contribution in [0, 0.1) is 6.04 Å². The Morgan fingerprint density at radius 1 is 1.12 bits per heavy atom. The minimum absolute atomic E-state index is 0.0299. The van der Waals surface area contributed by atoms with E-state index in [1.165, 1.54) is 34.2 Å². The van der Waals surface area contributed by atoms with E-state index in [1.54, 1.807) is 0 Å². The molecule has 2 aliphatic rings. The minimum atomic E-state index is -0.0299. The molecule has 0 fully saturated rings. The number of rotatable bonds is 2. The van der Waals surface area contributed by atoms with Gasteiger partial charge in [-0.25, -0.2) is 0 Å². The zero-order valence-electron chi connectivity index (χ0n) is 15.2. The highest BCUT2D eigenvalue weighted by Gasteiger charge is 2.42. The van der Waals surface area contributed by atoms with E-state index in [0.717, 1.165) is 6.42 Å². The van der Waals surface area contributed by atoms with Crippen LogP contribution in [0.4, 0.5) is 11.4 Å². The van der Waals surface area contributed by atoms with Crippen LogP contribution in [0.5, 0.6) is 0 Å². The van der Waals surface area contributed by atoms with Crippen LogP contribution in [0.1, 0.15) is 25.0 Å². The molecule has 2 aromatic carbocycles. The van der Waals surface area contributed by atoms with Gasteiger partial charge in [-0.1, -0.05) is 62.4 Å². The lowest BCUT2D eigenvalue weighted by Crippen LogP contribution is -2.24. The maximum absolute atomic E-state index is 4.27. The van der Waals surface area contributed by atoms with Crippen LogP contribution in [-0.2, 0) is 11.8 Å². The Kier molecular flexibility index (Phi) is 3.57. The van der Waals surface area contributed by atoms with Crippen molar-refractivity contribution in [1.82, 2.24) is 0 Å². The molecule has 0 aliphatic carbocycles. The van der Waals surface area contributed by atoms with Crippen LogP contribution in [0.25, 0.3) is 0 Å². The summed E-state index contributed by atoms with van der Waals surface area (Å²) in [5, 5.41) is 0. The summed E-state index contributed by atoms with van der Waals surface area (Å²) in [6.45, 7) is 8.80. The average molecular weight is 328 g/mol. The molecule has 2 heteroatoms. The SMILES string of the molecule is C=[N+]1c2ccccc2C(C)(C)[C-]1/C=C/C=C1\Cc2ccccc2N1C. The summed E-state index contributed by atoms with van der Waals surface area (Å²) in [6, 6.07) is 18.4. The van der Waals surface area contributed by atoms with Crippen LogP contribution in [0.15, 0.2) is 72.5 Å². The second-order valence-corrected chi connectivity index (χ2v) is 7.34.